The standard InChI is InChI=1S/C6H9N5/c1-8-2-3-11-5-9-6(4-7)10-11/h5,8H,2-3H2,1H3. The molecule has 0 aliphatic carbocycles. The van der Waals surface area contributed by atoms with Gasteiger partial charge in [-0.1, -0.05) is 0 Å². The first-order valence-corrected chi connectivity index (χ1v) is 3.31. The minimum atomic E-state index is 0.223. The summed E-state index contributed by atoms with van der Waals surface area (Å²) in [5.41, 5.74) is 0. The van der Waals surface area contributed by atoms with Crippen LogP contribution in [0.3, 0.4) is 0 Å². The minimum absolute atomic E-state index is 0.223. The van der Waals surface area contributed by atoms with Crippen molar-refractivity contribution in [2.24, 2.45) is 0 Å². The molecule has 0 atom stereocenters. The highest BCUT2D eigenvalue weighted by Crippen LogP contribution is 1.85. The van der Waals surface area contributed by atoms with Crippen LogP contribution >= 0.6 is 0 Å². The third-order valence-electron chi connectivity index (χ3n) is 1.23. The number of rotatable bonds is 3. The molecule has 0 bridgehead atoms. The first-order valence-electron chi connectivity index (χ1n) is 3.31. The fourth-order valence-electron chi connectivity index (χ4n) is 0.680. The maximum Gasteiger partial charge on any atom is 0.252 e. The average Bonchev–Trinajstić information content (AvgIpc) is 2.48. The quantitative estimate of drug-likeness (QED) is 0.624. The zero-order chi connectivity index (χ0) is 8.10. The van der Waals surface area contributed by atoms with Gasteiger partial charge >= 0.3 is 0 Å². The van der Waals surface area contributed by atoms with E-state index in [1.165, 1.54) is 0 Å². The van der Waals surface area contributed by atoms with Gasteiger partial charge in [-0.2, -0.15) is 5.26 Å². The van der Waals surface area contributed by atoms with Crippen molar-refractivity contribution < 1.29 is 0 Å². The Labute approximate surface area is 64.7 Å². The normalized spacial score (nSPS) is 9.45. The van der Waals surface area contributed by atoms with Gasteiger partial charge in [-0.05, 0) is 7.05 Å². The van der Waals surface area contributed by atoms with Gasteiger partial charge < -0.3 is 5.32 Å². The van der Waals surface area contributed by atoms with E-state index in [0.717, 1.165) is 13.1 Å². The van der Waals surface area contributed by atoms with Crippen LogP contribution in [0.4, 0.5) is 0 Å². The largest absolute Gasteiger partial charge is 0.318 e. The van der Waals surface area contributed by atoms with Crippen LogP contribution in [0, 0.1) is 11.3 Å². The summed E-state index contributed by atoms with van der Waals surface area (Å²) in [5.74, 6) is 0.223. The topological polar surface area (TPSA) is 66.5 Å². The summed E-state index contributed by atoms with van der Waals surface area (Å²) in [6.45, 7) is 1.57. The van der Waals surface area contributed by atoms with Gasteiger partial charge in [-0.25, -0.2) is 4.98 Å². The molecule has 0 aliphatic heterocycles. The highest BCUT2D eigenvalue weighted by molar-refractivity contribution is 5.05. The second kappa shape index (κ2) is 3.68. The molecule has 0 saturated heterocycles. The van der Waals surface area contributed by atoms with Crippen molar-refractivity contribution in [3.05, 3.63) is 12.2 Å². The lowest BCUT2D eigenvalue weighted by Crippen LogP contribution is -2.15. The Morgan fingerprint density at radius 3 is 3.18 bits per heavy atom. The molecule has 1 aromatic heterocycles. The highest BCUT2D eigenvalue weighted by Gasteiger charge is 1.96. The van der Waals surface area contributed by atoms with Crippen LogP contribution in [-0.2, 0) is 6.54 Å². The van der Waals surface area contributed by atoms with E-state index in [1.807, 2.05) is 13.1 Å². The molecule has 1 heterocycles. The zero-order valence-corrected chi connectivity index (χ0v) is 6.28. The Bertz CT molecular complexity index is 258. The number of nitrogens with zero attached hydrogens (tertiary/aromatic N) is 4. The number of aromatic nitrogens is 3. The molecule has 5 heteroatoms. The van der Waals surface area contributed by atoms with Gasteiger partial charge in [-0.15, -0.1) is 5.10 Å². The van der Waals surface area contributed by atoms with Gasteiger partial charge in [-0.3, -0.25) is 4.68 Å². The van der Waals surface area contributed by atoms with E-state index in [9.17, 15) is 0 Å². The smallest absolute Gasteiger partial charge is 0.252 e. The number of hydrogen-bond donors (Lipinski definition) is 1. The number of hydrogen-bond acceptors (Lipinski definition) is 4. The van der Waals surface area contributed by atoms with E-state index in [0.29, 0.717) is 0 Å². The van der Waals surface area contributed by atoms with Crippen LogP contribution in [0.2, 0.25) is 0 Å². The molecule has 0 spiro atoms. The second-order valence-corrected chi connectivity index (χ2v) is 2.05. The molecular formula is C6H9N5. The zero-order valence-electron chi connectivity index (χ0n) is 6.28. The van der Waals surface area contributed by atoms with E-state index >= 15 is 0 Å². The van der Waals surface area contributed by atoms with Crippen LogP contribution in [0.1, 0.15) is 5.82 Å². The van der Waals surface area contributed by atoms with Crippen molar-refractivity contribution in [2.75, 3.05) is 13.6 Å². The SMILES string of the molecule is CNCCn1cnc(C#N)n1. The molecular weight excluding hydrogens is 142 g/mol. The van der Waals surface area contributed by atoms with Crippen molar-refractivity contribution in [1.82, 2.24) is 20.1 Å². The lowest BCUT2D eigenvalue weighted by molar-refractivity contribution is 0.582. The van der Waals surface area contributed by atoms with E-state index in [-0.39, 0.29) is 5.82 Å². The predicted molar refractivity (Wildman–Crippen MR) is 38.7 cm³/mol. The lowest BCUT2D eigenvalue weighted by atomic mass is 10.6. The van der Waals surface area contributed by atoms with Gasteiger partial charge in [0, 0.05) is 6.54 Å². The van der Waals surface area contributed by atoms with Crippen molar-refractivity contribution in [3.63, 3.8) is 0 Å². The molecule has 1 rings (SSSR count). The van der Waals surface area contributed by atoms with Crippen molar-refractivity contribution >= 4 is 0 Å². The van der Waals surface area contributed by atoms with Crippen molar-refractivity contribution in [3.8, 4) is 6.07 Å². The van der Waals surface area contributed by atoms with Gasteiger partial charge in [0.1, 0.15) is 12.4 Å². The molecule has 1 N–H and O–H groups in total. The van der Waals surface area contributed by atoms with Crippen molar-refractivity contribution in [2.45, 2.75) is 6.54 Å². The molecule has 0 radical (unpaired) electrons. The Kier molecular flexibility index (Phi) is 2.58. The summed E-state index contributed by atoms with van der Waals surface area (Å²) in [7, 11) is 1.86. The van der Waals surface area contributed by atoms with Gasteiger partial charge in [0.05, 0.1) is 6.54 Å². The Balaban J connectivity index is 2.53. The maximum atomic E-state index is 8.37. The molecule has 0 unspecified atom stereocenters. The van der Waals surface area contributed by atoms with E-state index in [2.05, 4.69) is 15.4 Å². The fourth-order valence-corrected chi connectivity index (χ4v) is 0.680. The van der Waals surface area contributed by atoms with Crippen LogP contribution < -0.4 is 5.32 Å². The molecule has 0 amide bonds. The van der Waals surface area contributed by atoms with Crippen LogP contribution in [0.5, 0.6) is 0 Å². The molecule has 0 fully saturated rings. The molecule has 1 aromatic rings. The summed E-state index contributed by atoms with van der Waals surface area (Å²) in [6.07, 6.45) is 1.55. The summed E-state index contributed by atoms with van der Waals surface area (Å²) >= 11 is 0. The van der Waals surface area contributed by atoms with Crippen LogP contribution in [0.15, 0.2) is 6.33 Å². The Hall–Kier alpha value is -1.41. The second-order valence-electron chi connectivity index (χ2n) is 2.05. The lowest BCUT2D eigenvalue weighted by Gasteiger charge is -1.96. The summed E-state index contributed by atoms with van der Waals surface area (Å²) in [4.78, 5) is 3.75. The summed E-state index contributed by atoms with van der Waals surface area (Å²) in [5, 5.41) is 15.2. The van der Waals surface area contributed by atoms with E-state index < -0.39 is 0 Å². The van der Waals surface area contributed by atoms with Gasteiger partial charge in [0.15, 0.2) is 0 Å². The number of likely N-dealkylation sites (N-methyl/N-ethyl adjacent to an activating group) is 1. The molecule has 11 heavy (non-hydrogen) atoms. The molecule has 0 aromatic carbocycles. The van der Waals surface area contributed by atoms with Crippen LogP contribution in [0.25, 0.3) is 0 Å². The Morgan fingerprint density at radius 2 is 2.64 bits per heavy atom. The summed E-state index contributed by atoms with van der Waals surface area (Å²) < 4.78 is 1.63. The highest BCUT2D eigenvalue weighted by atomic mass is 15.3. The van der Waals surface area contributed by atoms with E-state index in [1.54, 1.807) is 11.0 Å². The third kappa shape index (κ3) is 2.02. The Morgan fingerprint density at radius 1 is 1.82 bits per heavy atom. The molecule has 0 aliphatic rings. The third-order valence-corrected chi connectivity index (χ3v) is 1.23. The molecule has 0 saturated carbocycles. The minimum Gasteiger partial charge on any atom is -0.318 e. The number of nitrogens with one attached hydrogen (secondary N) is 1. The van der Waals surface area contributed by atoms with Crippen LogP contribution in [-0.4, -0.2) is 28.4 Å². The van der Waals surface area contributed by atoms with E-state index in [4.69, 9.17) is 5.26 Å². The predicted octanol–water partition coefficient (Wildman–Crippen LogP) is -0.631. The average molecular weight is 151 g/mol. The molecule has 5 nitrogen and oxygen atoms in total. The monoisotopic (exact) mass is 151 g/mol. The summed E-state index contributed by atoms with van der Waals surface area (Å²) in [6, 6.07) is 1.86. The van der Waals surface area contributed by atoms with Crippen molar-refractivity contribution in [1.29, 1.82) is 5.26 Å². The van der Waals surface area contributed by atoms with Gasteiger partial charge in [0.25, 0.3) is 5.82 Å². The van der Waals surface area contributed by atoms with Gasteiger partial charge in [0.2, 0.25) is 0 Å². The fraction of sp³-hybridized carbons (Fsp3) is 0.500. The maximum absolute atomic E-state index is 8.37. The number of nitriles is 1. The first kappa shape index (κ1) is 7.69. The molecule has 58 valence electrons. The first-order chi connectivity index (χ1) is 5.36.